The van der Waals surface area contributed by atoms with Crippen molar-refractivity contribution >= 4 is 28.9 Å². The molecular weight excluding hydrogens is 274 g/mol. The summed E-state index contributed by atoms with van der Waals surface area (Å²) in [5, 5.41) is 0.553. The van der Waals surface area contributed by atoms with Gasteiger partial charge in [0.1, 0.15) is 6.54 Å². The molecule has 5 heteroatoms. The number of hydrogen-bond acceptors (Lipinski definition) is 3. The Morgan fingerprint density at radius 2 is 1.85 bits per heavy atom. The SMILES string of the molecule is NC(=O)CN=C(c1ccccc1)c1cc(Cl)ccc1N. The van der Waals surface area contributed by atoms with Crippen molar-refractivity contribution in [1.29, 1.82) is 0 Å². The molecule has 2 rings (SSSR count). The highest BCUT2D eigenvalue weighted by Crippen LogP contribution is 2.22. The van der Waals surface area contributed by atoms with E-state index in [4.69, 9.17) is 23.1 Å². The maximum absolute atomic E-state index is 11.0. The largest absolute Gasteiger partial charge is 0.398 e. The Morgan fingerprint density at radius 3 is 2.50 bits per heavy atom. The number of primary amides is 1. The number of amides is 1. The van der Waals surface area contributed by atoms with Crippen LogP contribution >= 0.6 is 11.6 Å². The summed E-state index contributed by atoms with van der Waals surface area (Å²) in [6.45, 7) is -0.101. The second-order valence-electron chi connectivity index (χ2n) is 4.23. The van der Waals surface area contributed by atoms with E-state index in [-0.39, 0.29) is 6.54 Å². The first-order chi connectivity index (χ1) is 9.58. The maximum Gasteiger partial charge on any atom is 0.239 e. The molecule has 0 spiro atoms. The lowest BCUT2D eigenvalue weighted by Gasteiger charge is -2.10. The van der Waals surface area contributed by atoms with Gasteiger partial charge in [-0.2, -0.15) is 0 Å². The summed E-state index contributed by atoms with van der Waals surface area (Å²) in [5.41, 5.74) is 13.8. The van der Waals surface area contributed by atoms with E-state index in [0.29, 0.717) is 22.0 Å². The summed E-state index contributed by atoms with van der Waals surface area (Å²) in [7, 11) is 0. The van der Waals surface area contributed by atoms with Gasteiger partial charge < -0.3 is 11.5 Å². The van der Waals surface area contributed by atoms with Crippen LogP contribution in [0.3, 0.4) is 0 Å². The second kappa shape index (κ2) is 6.21. The molecule has 0 aliphatic carbocycles. The topological polar surface area (TPSA) is 81.5 Å². The number of hydrogen-bond donors (Lipinski definition) is 2. The van der Waals surface area contributed by atoms with Gasteiger partial charge in [0.25, 0.3) is 0 Å². The minimum Gasteiger partial charge on any atom is -0.398 e. The summed E-state index contributed by atoms with van der Waals surface area (Å²) in [4.78, 5) is 15.2. The summed E-state index contributed by atoms with van der Waals surface area (Å²) >= 11 is 6.01. The van der Waals surface area contributed by atoms with Crippen LogP contribution in [0.1, 0.15) is 11.1 Å². The van der Waals surface area contributed by atoms with Crippen LogP contribution in [0.4, 0.5) is 5.69 Å². The lowest BCUT2D eigenvalue weighted by Crippen LogP contribution is -2.17. The van der Waals surface area contributed by atoms with Crippen molar-refractivity contribution in [2.24, 2.45) is 10.7 Å². The number of anilines is 1. The molecular formula is C15H14ClN3O. The first-order valence-electron chi connectivity index (χ1n) is 6.01. The Hall–Kier alpha value is -2.33. The fourth-order valence-corrected chi connectivity index (χ4v) is 1.99. The summed E-state index contributed by atoms with van der Waals surface area (Å²) < 4.78 is 0. The van der Waals surface area contributed by atoms with Crippen LogP contribution in [-0.4, -0.2) is 18.2 Å². The molecule has 4 nitrogen and oxygen atoms in total. The molecule has 1 amide bonds. The number of aliphatic imine (C=N–C) groups is 1. The first-order valence-corrected chi connectivity index (χ1v) is 6.39. The molecule has 0 fully saturated rings. The molecule has 0 aliphatic rings. The van der Waals surface area contributed by atoms with Crippen LogP contribution < -0.4 is 11.5 Å². The second-order valence-corrected chi connectivity index (χ2v) is 4.67. The van der Waals surface area contributed by atoms with Crippen molar-refractivity contribution < 1.29 is 4.79 Å². The number of nitrogens with two attached hydrogens (primary N) is 2. The molecule has 0 aromatic heterocycles. The molecule has 0 atom stereocenters. The van der Waals surface area contributed by atoms with Crippen molar-refractivity contribution in [3.8, 4) is 0 Å². The number of nitrogens with zero attached hydrogens (tertiary/aromatic N) is 1. The van der Waals surface area contributed by atoms with E-state index in [1.807, 2.05) is 30.3 Å². The standard InChI is InChI=1S/C15H14ClN3O/c16-11-6-7-13(17)12(8-11)15(19-9-14(18)20)10-4-2-1-3-5-10/h1-8H,9,17H2,(H2,18,20). The molecule has 20 heavy (non-hydrogen) atoms. The Morgan fingerprint density at radius 1 is 1.15 bits per heavy atom. The zero-order valence-corrected chi connectivity index (χ0v) is 11.5. The van der Waals surface area contributed by atoms with Crippen LogP contribution in [0.25, 0.3) is 0 Å². The Labute approximate surface area is 122 Å². The predicted molar refractivity (Wildman–Crippen MR) is 82.0 cm³/mol. The number of carbonyl (C=O) groups excluding carboxylic acids is 1. The van der Waals surface area contributed by atoms with Gasteiger partial charge in [0.2, 0.25) is 5.91 Å². The van der Waals surface area contributed by atoms with Gasteiger partial charge in [0.15, 0.2) is 0 Å². The lowest BCUT2D eigenvalue weighted by atomic mass is 10.0. The fourth-order valence-electron chi connectivity index (χ4n) is 1.82. The van der Waals surface area contributed by atoms with Crippen LogP contribution in [-0.2, 0) is 4.79 Å². The third kappa shape index (κ3) is 3.36. The molecule has 0 bridgehead atoms. The van der Waals surface area contributed by atoms with Crippen molar-refractivity contribution in [2.75, 3.05) is 12.3 Å². The van der Waals surface area contributed by atoms with Gasteiger partial charge in [0, 0.05) is 21.8 Å². The third-order valence-corrected chi connectivity index (χ3v) is 2.95. The van der Waals surface area contributed by atoms with Gasteiger partial charge in [0.05, 0.1) is 5.71 Å². The smallest absolute Gasteiger partial charge is 0.239 e. The van der Waals surface area contributed by atoms with Gasteiger partial charge >= 0.3 is 0 Å². The van der Waals surface area contributed by atoms with E-state index >= 15 is 0 Å². The summed E-state index contributed by atoms with van der Waals surface area (Å²) in [6.07, 6.45) is 0. The number of benzene rings is 2. The van der Waals surface area contributed by atoms with Crippen LogP contribution in [0, 0.1) is 0 Å². The minimum atomic E-state index is -0.501. The van der Waals surface area contributed by atoms with Crippen molar-refractivity contribution in [3.05, 3.63) is 64.7 Å². The van der Waals surface area contributed by atoms with E-state index in [2.05, 4.69) is 4.99 Å². The van der Waals surface area contributed by atoms with E-state index in [1.54, 1.807) is 18.2 Å². The lowest BCUT2D eigenvalue weighted by molar-refractivity contribution is -0.116. The number of rotatable bonds is 4. The van der Waals surface area contributed by atoms with Gasteiger partial charge in [-0.05, 0) is 18.2 Å². The molecule has 2 aromatic carbocycles. The molecule has 2 aromatic rings. The van der Waals surface area contributed by atoms with Crippen LogP contribution in [0.2, 0.25) is 5.02 Å². The Bertz CT molecular complexity index is 653. The Balaban J connectivity index is 2.55. The van der Waals surface area contributed by atoms with E-state index in [1.165, 1.54) is 0 Å². The molecule has 0 aliphatic heterocycles. The van der Waals surface area contributed by atoms with Crippen LogP contribution in [0.5, 0.6) is 0 Å². The molecule has 0 saturated heterocycles. The average molecular weight is 288 g/mol. The Kier molecular flexibility index (Phi) is 4.38. The number of carbonyl (C=O) groups is 1. The molecule has 0 radical (unpaired) electrons. The molecule has 0 saturated carbocycles. The summed E-state index contributed by atoms with van der Waals surface area (Å²) in [6, 6.07) is 14.6. The van der Waals surface area contributed by atoms with Crippen molar-refractivity contribution in [1.82, 2.24) is 0 Å². The highest BCUT2D eigenvalue weighted by molar-refractivity contribution is 6.31. The monoisotopic (exact) mass is 287 g/mol. The number of halogens is 1. The zero-order valence-electron chi connectivity index (χ0n) is 10.7. The molecule has 0 heterocycles. The van der Waals surface area contributed by atoms with Gasteiger partial charge in [-0.3, -0.25) is 9.79 Å². The summed E-state index contributed by atoms with van der Waals surface area (Å²) in [5.74, 6) is -0.501. The van der Waals surface area contributed by atoms with Crippen molar-refractivity contribution in [2.45, 2.75) is 0 Å². The van der Waals surface area contributed by atoms with Gasteiger partial charge in [-0.1, -0.05) is 41.9 Å². The highest BCUT2D eigenvalue weighted by atomic mass is 35.5. The first kappa shape index (κ1) is 14.1. The molecule has 4 N–H and O–H groups in total. The quantitative estimate of drug-likeness (QED) is 0.668. The molecule has 0 unspecified atom stereocenters. The third-order valence-electron chi connectivity index (χ3n) is 2.71. The minimum absolute atomic E-state index is 0.101. The van der Waals surface area contributed by atoms with Gasteiger partial charge in [-0.15, -0.1) is 0 Å². The van der Waals surface area contributed by atoms with Crippen LogP contribution in [0.15, 0.2) is 53.5 Å². The van der Waals surface area contributed by atoms with E-state index < -0.39 is 5.91 Å². The van der Waals surface area contributed by atoms with E-state index in [0.717, 1.165) is 5.56 Å². The normalized spacial score (nSPS) is 11.3. The van der Waals surface area contributed by atoms with Crippen molar-refractivity contribution in [3.63, 3.8) is 0 Å². The maximum atomic E-state index is 11.0. The number of nitrogen functional groups attached to an aromatic ring is 1. The van der Waals surface area contributed by atoms with Gasteiger partial charge in [-0.25, -0.2) is 0 Å². The predicted octanol–water partition coefficient (Wildman–Crippen LogP) is 2.24. The molecule has 102 valence electrons. The zero-order chi connectivity index (χ0) is 14.5. The van der Waals surface area contributed by atoms with E-state index in [9.17, 15) is 4.79 Å². The highest BCUT2D eigenvalue weighted by Gasteiger charge is 2.11. The fraction of sp³-hybridized carbons (Fsp3) is 0.0667. The average Bonchev–Trinajstić information content (AvgIpc) is 2.43.